The van der Waals surface area contributed by atoms with E-state index in [9.17, 15) is 4.79 Å². The molecular formula is C14H26N2OS. The van der Waals surface area contributed by atoms with Crippen LogP contribution in [0.15, 0.2) is 0 Å². The van der Waals surface area contributed by atoms with E-state index >= 15 is 0 Å². The first-order valence-corrected chi connectivity index (χ1v) is 7.39. The second-order valence-corrected chi connectivity index (χ2v) is 6.23. The minimum Gasteiger partial charge on any atom is -0.392 e. The van der Waals surface area contributed by atoms with Crippen LogP contribution in [-0.4, -0.2) is 17.4 Å². The van der Waals surface area contributed by atoms with Gasteiger partial charge in [-0.1, -0.05) is 38.9 Å². The van der Waals surface area contributed by atoms with Gasteiger partial charge in [0.1, 0.15) is 0 Å². The summed E-state index contributed by atoms with van der Waals surface area (Å²) in [4.78, 5) is 12.6. The molecule has 1 fully saturated rings. The van der Waals surface area contributed by atoms with Gasteiger partial charge in [-0.15, -0.1) is 0 Å². The summed E-state index contributed by atoms with van der Waals surface area (Å²) in [7, 11) is 0. The van der Waals surface area contributed by atoms with Crippen LogP contribution >= 0.6 is 12.2 Å². The average molecular weight is 270 g/mol. The van der Waals surface area contributed by atoms with E-state index in [1.54, 1.807) is 0 Å². The van der Waals surface area contributed by atoms with Crippen molar-refractivity contribution in [3.05, 3.63) is 0 Å². The van der Waals surface area contributed by atoms with Crippen molar-refractivity contribution in [2.45, 2.75) is 59.3 Å². The van der Waals surface area contributed by atoms with Crippen LogP contribution in [0.5, 0.6) is 0 Å². The number of amides is 1. The zero-order valence-electron chi connectivity index (χ0n) is 11.8. The smallest absolute Gasteiger partial charge is 0.232 e. The summed E-state index contributed by atoms with van der Waals surface area (Å²) < 4.78 is 0. The van der Waals surface area contributed by atoms with Crippen LogP contribution < -0.4 is 11.1 Å². The van der Waals surface area contributed by atoms with E-state index in [1.807, 2.05) is 13.8 Å². The van der Waals surface area contributed by atoms with Crippen LogP contribution in [0.3, 0.4) is 0 Å². The molecule has 0 aromatic carbocycles. The standard InChI is InChI=1S/C14H26N2OS/c1-4-13(3,11(15)18)12(17)16-10-14(5-2)8-6-7-9-14/h4-10H2,1-3H3,(H2,15,18)(H,16,17). The molecule has 0 radical (unpaired) electrons. The SMILES string of the molecule is CCC1(CNC(=O)C(C)(CC)C(N)=S)CCCC1. The highest BCUT2D eigenvalue weighted by molar-refractivity contribution is 7.80. The third-order valence-corrected chi connectivity index (χ3v) is 5.24. The Hall–Kier alpha value is -0.640. The Morgan fingerprint density at radius 2 is 1.94 bits per heavy atom. The lowest BCUT2D eigenvalue weighted by Crippen LogP contribution is -2.49. The number of carbonyl (C=O) groups excluding carboxylic acids is 1. The number of carbonyl (C=O) groups is 1. The molecule has 0 heterocycles. The molecule has 1 aliphatic carbocycles. The maximum Gasteiger partial charge on any atom is 0.232 e. The molecule has 1 aliphatic rings. The van der Waals surface area contributed by atoms with Gasteiger partial charge in [0.15, 0.2) is 0 Å². The van der Waals surface area contributed by atoms with Crippen molar-refractivity contribution in [2.75, 3.05) is 6.54 Å². The Bertz CT molecular complexity index is 324. The fourth-order valence-electron chi connectivity index (χ4n) is 2.69. The number of nitrogens with one attached hydrogen (secondary N) is 1. The molecule has 1 rings (SSSR count). The van der Waals surface area contributed by atoms with Crippen molar-refractivity contribution in [1.29, 1.82) is 0 Å². The predicted molar refractivity (Wildman–Crippen MR) is 79.4 cm³/mol. The lowest BCUT2D eigenvalue weighted by molar-refractivity contribution is -0.127. The average Bonchev–Trinajstić information content (AvgIpc) is 2.84. The summed E-state index contributed by atoms with van der Waals surface area (Å²) in [6, 6.07) is 0. The second-order valence-electron chi connectivity index (χ2n) is 5.79. The van der Waals surface area contributed by atoms with Gasteiger partial charge in [0.05, 0.1) is 10.4 Å². The first-order valence-electron chi connectivity index (χ1n) is 6.98. The Morgan fingerprint density at radius 1 is 1.39 bits per heavy atom. The highest BCUT2D eigenvalue weighted by Crippen LogP contribution is 2.40. The number of rotatable bonds is 6. The predicted octanol–water partition coefficient (Wildman–Crippen LogP) is 2.78. The quantitative estimate of drug-likeness (QED) is 0.730. The van der Waals surface area contributed by atoms with Crippen molar-refractivity contribution in [3.63, 3.8) is 0 Å². The monoisotopic (exact) mass is 270 g/mol. The van der Waals surface area contributed by atoms with Crippen molar-refractivity contribution < 1.29 is 4.79 Å². The molecule has 0 saturated heterocycles. The normalized spacial score (nSPS) is 21.3. The zero-order chi connectivity index (χ0) is 13.8. The van der Waals surface area contributed by atoms with Crippen LogP contribution in [0.25, 0.3) is 0 Å². The van der Waals surface area contributed by atoms with E-state index in [4.69, 9.17) is 18.0 Å². The van der Waals surface area contributed by atoms with E-state index in [2.05, 4.69) is 12.2 Å². The van der Waals surface area contributed by atoms with E-state index < -0.39 is 5.41 Å². The van der Waals surface area contributed by atoms with Crippen LogP contribution in [0.1, 0.15) is 59.3 Å². The molecule has 0 bridgehead atoms. The molecule has 1 atom stereocenters. The van der Waals surface area contributed by atoms with E-state index in [-0.39, 0.29) is 5.91 Å². The van der Waals surface area contributed by atoms with Gasteiger partial charge in [-0.25, -0.2) is 0 Å². The molecule has 1 unspecified atom stereocenters. The highest BCUT2D eigenvalue weighted by atomic mass is 32.1. The number of thiocarbonyl (C=S) groups is 1. The molecule has 18 heavy (non-hydrogen) atoms. The van der Waals surface area contributed by atoms with Gasteiger partial charge in [-0.05, 0) is 38.0 Å². The minimum atomic E-state index is -0.705. The molecule has 104 valence electrons. The summed E-state index contributed by atoms with van der Waals surface area (Å²) in [6.45, 7) is 6.76. The third-order valence-electron chi connectivity index (χ3n) is 4.79. The second kappa shape index (κ2) is 6.00. The minimum absolute atomic E-state index is 0.0165. The Labute approximate surface area is 116 Å². The van der Waals surface area contributed by atoms with Gasteiger partial charge in [0, 0.05) is 6.54 Å². The molecule has 0 aromatic heterocycles. The van der Waals surface area contributed by atoms with Crippen molar-refractivity contribution in [2.24, 2.45) is 16.6 Å². The Kier molecular flexibility index (Phi) is 5.14. The van der Waals surface area contributed by atoms with Gasteiger partial charge < -0.3 is 11.1 Å². The van der Waals surface area contributed by atoms with Crippen molar-refractivity contribution in [1.82, 2.24) is 5.32 Å². The number of nitrogens with two attached hydrogens (primary N) is 1. The molecule has 0 aromatic rings. The Morgan fingerprint density at radius 3 is 2.33 bits per heavy atom. The maximum absolute atomic E-state index is 12.3. The molecule has 0 aliphatic heterocycles. The third kappa shape index (κ3) is 3.02. The maximum atomic E-state index is 12.3. The van der Waals surface area contributed by atoms with Crippen molar-refractivity contribution in [3.8, 4) is 0 Å². The van der Waals surface area contributed by atoms with E-state index in [0.717, 1.165) is 13.0 Å². The van der Waals surface area contributed by atoms with Gasteiger partial charge >= 0.3 is 0 Å². The van der Waals surface area contributed by atoms with Crippen LogP contribution in [0.4, 0.5) is 0 Å². The van der Waals surface area contributed by atoms with Gasteiger partial charge in [-0.2, -0.15) is 0 Å². The highest BCUT2D eigenvalue weighted by Gasteiger charge is 2.37. The van der Waals surface area contributed by atoms with Gasteiger partial charge in [0.2, 0.25) is 5.91 Å². The first-order chi connectivity index (χ1) is 8.40. The zero-order valence-corrected chi connectivity index (χ0v) is 12.7. The number of hydrogen-bond donors (Lipinski definition) is 2. The van der Waals surface area contributed by atoms with E-state index in [0.29, 0.717) is 16.8 Å². The van der Waals surface area contributed by atoms with Crippen LogP contribution in [0.2, 0.25) is 0 Å². The Balaban J connectivity index is 2.62. The molecule has 1 amide bonds. The number of hydrogen-bond acceptors (Lipinski definition) is 2. The lowest BCUT2D eigenvalue weighted by atomic mass is 9.82. The van der Waals surface area contributed by atoms with Gasteiger partial charge in [0.25, 0.3) is 0 Å². The first kappa shape index (κ1) is 15.4. The molecule has 3 nitrogen and oxygen atoms in total. The molecule has 0 spiro atoms. The summed E-state index contributed by atoms with van der Waals surface area (Å²) in [5.74, 6) is -0.0165. The van der Waals surface area contributed by atoms with E-state index in [1.165, 1.54) is 25.7 Å². The molecule has 4 heteroatoms. The van der Waals surface area contributed by atoms with Crippen LogP contribution in [-0.2, 0) is 4.79 Å². The summed E-state index contributed by atoms with van der Waals surface area (Å²) >= 11 is 5.03. The van der Waals surface area contributed by atoms with Crippen molar-refractivity contribution >= 4 is 23.1 Å². The van der Waals surface area contributed by atoms with Gasteiger partial charge in [-0.3, -0.25) is 4.79 Å². The summed E-state index contributed by atoms with van der Waals surface area (Å²) in [6.07, 6.45) is 6.78. The fourth-order valence-corrected chi connectivity index (χ4v) is 2.93. The van der Waals surface area contributed by atoms with Crippen LogP contribution in [0, 0.1) is 10.8 Å². The summed E-state index contributed by atoms with van der Waals surface area (Å²) in [5, 5.41) is 3.08. The summed E-state index contributed by atoms with van der Waals surface area (Å²) in [5.41, 5.74) is 5.30. The largest absolute Gasteiger partial charge is 0.392 e. The lowest BCUT2D eigenvalue weighted by Gasteiger charge is -2.31. The fraction of sp³-hybridized carbons (Fsp3) is 0.857. The topological polar surface area (TPSA) is 55.1 Å². The molecular weight excluding hydrogens is 244 g/mol. The molecule has 3 N–H and O–H groups in total. The molecule has 1 saturated carbocycles.